The van der Waals surface area contributed by atoms with Gasteiger partial charge in [0.25, 0.3) is 0 Å². The van der Waals surface area contributed by atoms with Crippen LogP contribution in [0.5, 0.6) is 0 Å². The summed E-state index contributed by atoms with van der Waals surface area (Å²) in [6.07, 6.45) is 2.11. The van der Waals surface area contributed by atoms with Gasteiger partial charge in [0.2, 0.25) is 0 Å². The maximum Gasteiger partial charge on any atom is 0.305 e. The summed E-state index contributed by atoms with van der Waals surface area (Å²) in [5.41, 5.74) is 1.95. The Kier molecular flexibility index (Phi) is 2.97. The maximum absolute atomic E-state index is 11.0. The molecule has 3 heteroatoms. The number of rotatable bonds is 3. The Hall–Kier alpha value is -1.35. The van der Waals surface area contributed by atoms with Gasteiger partial charge in [0.05, 0.1) is 12.0 Å². The second-order valence-electron chi connectivity index (χ2n) is 4.50. The van der Waals surface area contributed by atoms with Crippen LogP contribution >= 0.6 is 0 Å². The molecule has 2 rings (SSSR count). The lowest BCUT2D eigenvalue weighted by Crippen LogP contribution is -2.39. The van der Waals surface area contributed by atoms with E-state index < -0.39 is 5.97 Å². The average molecular weight is 219 g/mol. The molecular formula is C13H17NO2. The fourth-order valence-electron chi connectivity index (χ4n) is 2.65. The largest absolute Gasteiger partial charge is 0.481 e. The number of benzene rings is 1. The van der Waals surface area contributed by atoms with Crippen molar-refractivity contribution in [1.29, 1.82) is 0 Å². The molecule has 0 radical (unpaired) electrons. The molecule has 16 heavy (non-hydrogen) atoms. The lowest BCUT2D eigenvalue weighted by molar-refractivity contribution is -0.138. The van der Waals surface area contributed by atoms with Gasteiger partial charge in [-0.3, -0.25) is 4.79 Å². The third-order valence-electron chi connectivity index (χ3n) is 3.36. The molecule has 0 spiro atoms. The first-order chi connectivity index (χ1) is 7.64. The third kappa shape index (κ3) is 1.95. The Morgan fingerprint density at radius 1 is 1.50 bits per heavy atom. The number of aryl methyl sites for hydroxylation is 1. The Morgan fingerprint density at radius 3 is 2.81 bits per heavy atom. The summed E-state index contributed by atoms with van der Waals surface area (Å²) in [5, 5.41) is 12.4. The zero-order valence-corrected chi connectivity index (χ0v) is 9.49. The first-order valence-electron chi connectivity index (χ1n) is 5.67. The number of carbonyl (C=O) groups is 1. The monoisotopic (exact) mass is 219 g/mol. The minimum absolute atomic E-state index is 0.165. The molecule has 0 bridgehead atoms. The minimum Gasteiger partial charge on any atom is -0.481 e. The highest BCUT2D eigenvalue weighted by Gasteiger charge is 2.38. The first-order valence-corrected chi connectivity index (χ1v) is 5.67. The van der Waals surface area contributed by atoms with Crippen molar-refractivity contribution in [2.45, 2.75) is 31.7 Å². The number of aliphatic carboxylic acids is 1. The molecule has 0 saturated carbocycles. The number of carboxylic acid groups (broad SMARTS) is 1. The average Bonchev–Trinajstić information content (AvgIpc) is 2.67. The van der Waals surface area contributed by atoms with Crippen LogP contribution in [0.3, 0.4) is 0 Å². The lowest BCUT2D eigenvalue weighted by Gasteiger charge is -2.30. The van der Waals surface area contributed by atoms with E-state index in [4.69, 9.17) is 5.11 Å². The van der Waals surface area contributed by atoms with Gasteiger partial charge in [0.1, 0.15) is 0 Å². The summed E-state index contributed by atoms with van der Waals surface area (Å²) < 4.78 is 0. The highest BCUT2D eigenvalue weighted by molar-refractivity contribution is 5.69. The highest BCUT2D eigenvalue weighted by Crippen LogP contribution is 2.35. The normalized spacial score (nSPS) is 24.6. The number of nitrogens with one attached hydrogen (secondary N) is 1. The molecule has 0 aliphatic carbocycles. The minimum atomic E-state index is -0.738. The van der Waals surface area contributed by atoms with Gasteiger partial charge in [0.15, 0.2) is 0 Å². The molecule has 1 aromatic rings. The maximum atomic E-state index is 11.0. The Labute approximate surface area is 95.5 Å². The number of carboxylic acids is 1. The van der Waals surface area contributed by atoms with E-state index in [0.717, 1.165) is 30.5 Å². The third-order valence-corrected chi connectivity index (χ3v) is 3.36. The van der Waals surface area contributed by atoms with Gasteiger partial charge in [-0.2, -0.15) is 0 Å². The van der Waals surface area contributed by atoms with Crippen LogP contribution in [0.2, 0.25) is 0 Å². The van der Waals surface area contributed by atoms with Crippen molar-refractivity contribution in [3.05, 3.63) is 35.4 Å². The van der Waals surface area contributed by atoms with Crippen molar-refractivity contribution < 1.29 is 9.90 Å². The molecule has 1 unspecified atom stereocenters. The van der Waals surface area contributed by atoms with Crippen LogP contribution in [0, 0.1) is 6.92 Å². The van der Waals surface area contributed by atoms with E-state index in [9.17, 15) is 4.79 Å². The summed E-state index contributed by atoms with van der Waals surface area (Å²) in [6.45, 7) is 2.94. The molecule has 3 nitrogen and oxygen atoms in total. The smallest absolute Gasteiger partial charge is 0.305 e. The van der Waals surface area contributed by atoms with Crippen molar-refractivity contribution in [2.24, 2.45) is 0 Å². The van der Waals surface area contributed by atoms with Crippen LogP contribution < -0.4 is 5.32 Å². The van der Waals surface area contributed by atoms with E-state index >= 15 is 0 Å². The van der Waals surface area contributed by atoms with Crippen molar-refractivity contribution >= 4 is 5.97 Å². The molecule has 1 saturated heterocycles. The van der Waals surface area contributed by atoms with Gasteiger partial charge in [-0.1, -0.05) is 24.3 Å². The summed E-state index contributed by atoms with van der Waals surface area (Å²) in [6, 6.07) is 8.05. The van der Waals surface area contributed by atoms with Crippen LogP contribution in [0.1, 0.15) is 30.4 Å². The predicted octanol–water partition coefficient (Wildman–Crippen LogP) is 2.05. The van der Waals surface area contributed by atoms with E-state index in [2.05, 4.69) is 5.32 Å². The van der Waals surface area contributed by atoms with Gasteiger partial charge in [-0.15, -0.1) is 0 Å². The Morgan fingerprint density at radius 2 is 2.25 bits per heavy atom. The quantitative estimate of drug-likeness (QED) is 0.818. The van der Waals surface area contributed by atoms with Crippen molar-refractivity contribution in [2.75, 3.05) is 6.54 Å². The molecule has 0 aromatic heterocycles. The Bertz CT molecular complexity index is 395. The molecular weight excluding hydrogens is 202 g/mol. The van der Waals surface area contributed by atoms with Crippen LogP contribution in [-0.2, 0) is 10.3 Å². The van der Waals surface area contributed by atoms with Gasteiger partial charge < -0.3 is 10.4 Å². The van der Waals surface area contributed by atoms with E-state index in [0.29, 0.717) is 0 Å². The van der Waals surface area contributed by atoms with E-state index in [-0.39, 0.29) is 12.0 Å². The highest BCUT2D eigenvalue weighted by atomic mass is 16.4. The zero-order valence-electron chi connectivity index (χ0n) is 9.49. The molecule has 2 N–H and O–H groups in total. The van der Waals surface area contributed by atoms with Crippen molar-refractivity contribution in [3.63, 3.8) is 0 Å². The van der Waals surface area contributed by atoms with Crippen LogP contribution in [0.15, 0.2) is 24.3 Å². The fraction of sp³-hybridized carbons (Fsp3) is 0.462. The SMILES string of the molecule is Cc1ccccc1C1(CC(=O)O)CCCN1. The number of hydrogen-bond acceptors (Lipinski definition) is 2. The van der Waals surface area contributed by atoms with Crippen LogP contribution in [-0.4, -0.2) is 17.6 Å². The van der Waals surface area contributed by atoms with Crippen LogP contribution in [0.4, 0.5) is 0 Å². The van der Waals surface area contributed by atoms with Gasteiger partial charge >= 0.3 is 5.97 Å². The summed E-state index contributed by atoms with van der Waals surface area (Å²) in [4.78, 5) is 11.0. The van der Waals surface area contributed by atoms with E-state index in [1.807, 2.05) is 31.2 Å². The Balaban J connectivity index is 2.39. The molecule has 1 fully saturated rings. The number of hydrogen-bond donors (Lipinski definition) is 2. The van der Waals surface area contributed by atoms with E-state index in [1.54, 1.807) is 0 Å². The van der Waals surface area contributed by atoms with Gasteiger partial charge in [0, 0.05) is 0 Å². The summed E-state index contributed by atoms with van der Waals surface area (Å²) in [5.74, 6) is -0.738. The summed E-state index contributed by atoms with van der Waals surface area (Å²) in [7, 11) is 0. The van der Waals surface area contributed by atoms with Gasteiger partial charge in [-0.25, -0.2) is 0 Å². The molecule has 1 aliphatic heterocycles. The second-order valence-corrected chi connectivity index (χ2v) is 4.50. The molecule has 86 valence electrons. The molecule has 1 aromatic carbocycles. The molecule has 1 heterocycles. The predicted molar refractivity (Wildman–Crippen MR) is 62.3 cm³/mol. The first kappa shape index (κ1) is 11.1. The zero-order chi connectivity index (χ0) is 11.6. The summed E-state index contributed by atoms with van der Waals surface area (Å²) >= 11 is 0. The standard InChI is InChI=1S/C13H17NO2/c1-10-5-2-3-6-11(10)13(9-12(15)16)7-4-8-14-13/h2-3,5-6,14H,4,7-9H2,1H3,(H,15,16). The van der Waals surface area contributed by atoms with Crippen LogP contribution in [0.25, 0.3) is 0 Å². The van der Waals surface area contributed by atoms with Crippen molar-refractivity contribution in [3.8, 4) is 0 Å². The van der Waals surface area contributed by atoms with E-state index in [1.165, 1.54) is 0 Å². The van der Waals surface area contributed by atoms with Crippen molar-refractivity contribution in [1.82, 2.24) is 5.32 Å². The molecule has 0 amide bonds. The topological polar surface area (TPSA) is 49.3 Å². The lowest BCUT2D eigenvalue weighted by atomic mass is 9.83. The second kappa shape index (κ2) is 4.26. The molecule has 1 aliphatic rings. The van der Waals surface area contributed by atoms with Gasteiger partial charge in [-0.05, 0) is 37.4 Å². The molecule has 1 atom stereocenters. The fourth-order valence-corrected chi connectivity index (χ4v) is 2.65.